The van der Waals surface area contributed by atoms with E-state index in [2.05, 4.69) is 10.6 Å². The van der Waals surface area contributed by atoms with Crippen molar-refractivity contribution in [2.75, 3.05) is 6.54 Å². The van der Waals surface area contributed by atoms with Crippen LogP contribution in [0.2, 0.25) is 0 Å². The molecule has 1 aromatic rings. The highest BCUT2D eigenvalue weighted by Crippen LogP contribution is 2.21. The van der Waals surface area contributed by atoms with E-state index in [4.69, 9.17) is 4.74 Å². The maximum absolute atomic E-state index is 12.6. The van der Waals surface area contributed by atoms with Gasteiger partial charge in [0.25, 0.3) is 11.6 Å². The number of carbonyl (C=O) groups excluding carboxylic acids is 2. The highest BCUT2D eigenvalue weighted by atomic mass is 16.6. The van der Waals surface area contributed by atoms with Crippen LogP contribution in [0.25, 0.3) is 0 Å². The molecule has 1 aromatic carbocycles. The Morgan fingerprint density at radius 1 is 1.15 bits per heavy atom. The summed E-state index contributed by atoms with van der Waals surface area (Å²) >= 11 is 0. The zero-order valence-corrected chi connectivity index (χ0v) is 15.9. The molecule has 0 aliphatic rings. The summed E-state index contributed by atoms with van der Waals surface area (Å²) in [5, 5.41) is 16.6. The Bertz CT molecular complexity index is 663. The SMILES string of the molecule is CCC(CC)(CNC(=O)OC(C)(C)C)NC(=O)c1ccccc1[N+](=O)[O-]. The molecule has 0 heterocycles. The van der Waals surface area contributed by atoms with Crippen LogP contribution in [0.3, 0.4) is 0 Å². The molecule has 2 amide bonds. The lowest BCUT2D eigenvalue weighted by Crippen LogP contribution is -2.55. The zero-order chi connectivity index (χ0) is 20.0. The van der Waals surface area contributed by atoms with Crippen molar-refractivity contribution in [2.24, 2.45) is 0 Å². The van der Waals surface area contributed by atoms with E-state index in [1.54, 1.807) is 26.8 Å². The van der Waals surface area contributed by atoms with Gasteiger partial charge in [-0.05, 0) is 39.7 Å². The van der Waals surface area contributed by atoms with E-state index >= 15 is 0 Å². The van der Waals surface area contributed by atoms with Crippen molar-refractivity contribution < 1.29 is 19.2 Å². The Morgan fingerprint density at radius 3 is 2.23 bits per heavy atom. The van der Waals surface area contributed by atoms with Crippen LogP contribution >= 0.6 is 0 Å². The number of carbonyl (C=O) groups is 2. The van der Waals surface area contributed by atoms with Gasteiger partial charge in [-0.25, -0.2) is 4.79 Å². The molecule has 0 saturated carbocycles. The Kier molecular flexibility index (Phi) is 7.11. The highest BCUT2D eigenvalue weighted by molar-refractivity contribution is 5.98. The normalized spacial score (nSPS) is 11.6. The fourth-order valence-electron chi connectivity index (χ4n) is 2.41. The lowest BCUT2D eigenvalue weighted by molar-refractivity contribution is -0.385. The summed E-state index contributed by atoms with van der Waals surface area (Å²) in [4.78, 5) is 35.1. The number of benzene rings is 1. The highest BCUT2D eigenvalue weighted by Gasteiger charge is 2.32. The van der Waals surface area contributed by atoms with Crippen molar-refractivity contribution in [3.63, 3.8) is 0 Å². The van der Waals surface area contributed by atoms with Crippen molar-refractivity contribution in [2.45, 2.75) is 58.6 Å². The van der Waals surface area contributed by atoms with Gasteiger partial charge in [0.05, 0.1) is 10.5 Å². The number of ether oxygens (including phenoxy) is 1. The minimum Gasteiger partial charge on any atom is -0.444 e. The Morgan fingerprint density at radius 2 is 1.73 bits per heavy atom. The molecule has 144 valence electrons. The first kappa shape index (κ1) is 21.4. The number of hydrogen-bond acceptors (Lipinski definition) is 5. The number of alkyl carbamates (subject to hydrolysis) is 1. The predicted octanol–water partition coefficient (Wildman–Crippen LogP) is 3.41. The summed E-state index contributed by atoms with van der Waals surface area (Å²) in [6, 6.07) is 5.77. The maximum Gasteiger partial charge on any atom is 0.407 e. The summed E-state index contributed by atoms with van der Waals surface area (Å²) < 4.78 is 5.21. The summed E-state index contributed by atoms with van der Waals surface area (Å²) in [5.41, 5.74) is -1.64. The van der Waals surface area contributed by atoms with Crippen LogP contribution in [-0.4, -0.2) is 34.6 Å². The van der Waals surface area contributed by atoms with Gasteiger partial charge in [0.15, 0.2) is 0 Å². The van der Waals surface area contributed by atoms with Crippen molar-refractivity contribution in [3.8, 4) is 0 Å². The molecule has 0 aliphatic heterocycles. The first-order chi connectivity index (χ1) is 12.0. The molecule has 0 spiro atoms. The van der Waals surface area contributed by atoms with Crippen LogP contribution in [0, 0.1) is 10.1 Å². The van der Waals surface area contributed by atoms with Crippen LogP contribution < -0.4 is 10.6 Å². The second kappa shape index (κ2) is 8.64. The van der Waals surface area contributed by atoms with E-state index < -0.39 is 28.1 Å². The van der Waals surface area contributed by atoms with Gasteiger partial charge in [-0.15, -0.1) is 0 Å². The molecule has 0 aromatic heterocycles. The number of nitrogens with one attached hydrogen (secondary N) is 2. The number of para-hydroxylation sites is 1. The lowest BCUT2D eigenvalue weighted by atomic mass is 9.92. The molecule has 0 radical (unpaired) electrons. The van der Waals surface area contributed by atoms with Crippen LogP contribution in [0.5, 0.6) is 0 Å². The summed E-state index contributed by atoms with van der Waals surface area (Å²) in [6.45, 7) is 9.18. The smallest absolute Gasteiger partial charge is 0.407 e. The monoisotopic (exact) mass is 365 g/mol. The third-order valence-electron chi connectivity index (χ3n) is 4.05. The number of amides is 2. The van der Waals surface area contributed by atoms with Crippen molar-refractivity contribution >= 4 is 17.7 Å². The van der Waals surface area contributed by atoms with E-state index in [0.29, 0.717) is 12.8 Å². The van der Waals surface area contributed by atoms with Gasteiger partial charge in [0.1, 0.15) is 11.2 Å². The number of nitro benzene ring substituents is 1. The van der Waals surface area contributed by atoms with Crippen molar-refractivity contribution in [1.29, 1.82) is 0 Å². The fraction of sp³-hybridized carbons (Fsp3) is 0.556. The third kappa shape index (κ3) is 6.02. The lowest BCUT2D eigenvalue weighted by Gasteiger charge is -2.33. The molecule has 0 unspecified atom stereocenters. The molecular weight excluding hydrogens is 338 g/mol. The average Bonchev–Trinajstić information content (AvgIpc) is 2.57. The van der Waals surface area contributed by atoms with E-state index in [0.717, 1.165) is 0 Å². The molecule has 1 rings (SSSR count). The standard InChI is InChI=1S/C18H27N3O5/c1-6-18(7-2,12-19-16(23)26-17(3,4)5)20-15(22)13-10-8-9-11-14(13)21(24)25/h8-11H,6-7,12H2,1-5H3,(H,19,23)(H,20,22). The molecule has 8 heteroatoms. The third-order valence-corrected chi connectivity index (χ3v) is 4.05. The van der Waals surface area contributed by atoms with Crippen LogP contribution in [0.15, 0.2) is 24.3 Å². The summed E-state index contributed by atoms with van der Waals surface area (Å²) in [5.74, 6) is -0.549. The molecule has 0 aliphatic carbocycles. The largest absolute Gasteiger partial charge is 0.444 e. The second-order valence-corrected chi connectivity index (χ2v) is 7.07. The van der Waals surface area contributed by atoms with Crippen LogP contribution in [0.4, 0.5) is 10.5 Å². The fourth-order valence-corrected chi connectivity index (χ4v) is 2.41. The minimum absolute atomic E-state index is 0.0129. The van der Waals surface area contributed by atoms with Crippen molar-refractivity contribution in [1.82, 2.24) is 10.6 Å². The summed E-state index contributed by atoms with van der Waals surface area (Å²) in [7, 11) is 0. The van der Waals surface area contributed by atoms with Gasteiger partial charge < -0.3 is 15.4 Å². The first-order valence-electron chi connectivity index (χ1n) is 8.56. The van der Waals surface area contributed by atoms with Gasteiger partial charge in [-0.1, -0.05) is 26.0 Å². The van der Waals surface area contributed by atoms with E-state index in [1.807, 2.05) is 13.8 Å². The predicted molar refractivity (Wildman–Crippen MR) is 98.1 cm³/mol. The molecule has 8 nitrogen and oxygen atoms in total. The van der Waals surface area contributed by atoms with Crippen LogP contribution in [0.1, 0.15) is 57.8 Å². The van der Waals surface area contributed by atoms with Gasteiger partial charge >= 0.3 is 6.09 Å². The minimum atomic E-state index is -0.738. The Labute approximate surface area is 153 Å². The molecule has 2 N–H and O–H groups in total. The molecule has 0 saturated heterocycles. The van der Waals surface area contributed by atoms with E-state index in [9.17, 15) is 19.7 Å². The molecule has 0 atom stereocenters. The second-order valence-electron chi connectivity index (χ2n) is 7.07. The first-order valence-corrected chi connectivity index (χ1v) is 8.56. The van der Waals surface area contributed by atoms with Gasteiger partial charge in [-0.2, -0.15) is 0 Å². The average molecular weight is 365 g/mol. The number of rotatable bonds is 7. The van der Waals surface area contributed by atoms with Gasteiger partial charge in [-0.3, -0.25) is 14.9 Å². The van der Waals surface area contributed by atoms with E-state index in [1.165, 1.54) is 18.2 Å². The zero-order valence-electron chi connectivity index (χ0n) is 15.9. The van der Waals surface area contributed by atoms with E-state index in [-0.39, 0.29) is 17.8 Å². The topological polar surface area (TPSA) is 111 Å². The molecule has 0 bridgehead atoms. The maximum atomic E-state index is 12.6. The van der Waals surface area contributed by atoms with Crippen molar-refractivity contribution in [3.05, 3.63) is 39.9 Å². The molecular formula is C18H27N3O5. The van der Waals surface area contributed by atoms with Gasteiger partial charge in [0, 0.05) is 12.6 Å². The number of nitro groups is 1. The summed E-state index contributed by atoms with van der Waals surface area (Å²) in [6.07, 6.45) is 0.487. The Hall–Kier alpha value is -2.64. The van der Waals surface area contributed by atoms with Crippen LogP contribution in [-0.2, 0) is 4.74 Å². The number of nitrogens with zero attached hydrogens (tertiary/aromatic N) is 1. The van der Waals surface area contributed by atoms with Gasteiger partial charge in [0.2, 0.25) is 0 Å². The molecule has 26 heavy (non-hydrogen) atoms. The molecule has 0 fully saturated rings. The number of hydrogen-bond donors (Lipinski definition) is 2. The quantitative estimate of drug-likeness (QED) is 0.568. The Balaban J connectivity index is 2.92.